The highest BCUT2D eigenvalue weighted by Gasteiger charge is 2.23. The highest BCUT2D eigenvalue weighted by Crippen LogP contribution is 2.38. The Balaban J connectivity index is 1.62. The molecule has 0 aliphatic rings. The predicted octanol–water partition coefficient (Wildman–Crippen LogP) is 4.85. The first-order chi connectivity index (χ1) is 16.9. The van der Waals surface area contributed by atoms with Gasteiger partial charge in [0.1, 0.15) is 27.4 Å². The van der Waals surface area contributed by atoms with Crippen LogP contribution < -0.4 is 19.5 Å². The number of hydrogen-bond acceptors (Lipinski definition) is 10. The number of benzene rings is 3. The number of rotatable bonds is 7. The molecule has 5 rings (SSSR count). The van der Waals surface area contributed by atoms with Crippen LogP contribution in [0.5, 0.6) is 11.5 Å². The van der Waals surface area contributed by atoms with E-state index in [1.807, 2.05) is 6.07 Å². The maximum absolute atomic E-state index is 13.4. The minimum atomic E-state index is -4.09. The largest absolute Gasteiger partial charge is 0.495 e. The number of hydrogen-bond donors (Lipinski definition) is 2. The third-order valence-corrected chi connectivity index (χ3v) is 7.28. The molecule has 0 aliphatic carbocycles. The summed E-state index contributed by atoms with van der Waals surface area (Å²) >= 11 is 7.25. The zero-order valence-electron chi connectivity index (χ0n) is 18.3. The van der Waals surface area contributed by atoms with E-state index in [-0.39, 0.29) is 22.0 Å². The Hall–Kier alpha value is -3.74. The molecule has 0 radical (unpaired) electrons. The fraction of sp³-hybridized carbons (Fsp3) is 0.0909. The van der Waals surface area contributed by atoms with Crippen molar-refractivity contribution in [3.8, 4) is 11.5 Å². The Bertz CT molecular complexity index is 1680. The monoisotopic (exact) mass is 528 g/mol. The highest BCUT2D eigenvalue weighted by atomic mass is 35.5. The molecule has 0 unspecified atom stereocenters. The Morgan fingerprint density at radius 3 is 2.26 bits per heavy atom. The molecule has 13 heteroatoms. The second kappa shape index (κ2) is 9.13. The number of halogens is 1. The van der Waals surface area contributed by atoms with Crippen LogP contribution >= 0.6 is 23.3 Å². The van der Waals surface area contributed by atoms with Crippen molar-refractivity contribution in [2.75, 3.05) is 24.3 Å². The Labute approximate surface area is 209 Å². The molecule has 0 spiro atoms. The molecule has 0 atom stereocenters. The van der Waals surface area contributed by atoms with E-state index in [2.05, 4.69) is 28.8 Å². The van der Waals surface area contributed by atoms with Crippen LogP contribution in [0.15, 0.2) is 59.5 Å². The zero-order chi connectivity index (χ0) is 24.6. The number of sulfonamides is 1. The zero-order valence-corrected chi connectivity index (χ0v) is 20.7. The van der Waals surface area contributed by atoms with E-state index < -0.39 is 10.0 Å². The van der Waals surface area contributed by atoms with Crippen molar-refractivity contribution in [2.45, 2.75) is 4.90 Å². The number of fused-ring (bicyclic) bond motifs is 2. The van der Waals surface area contributed by atoms with Gasteiger partial charge in [-0.1, -0.05) is 29.8 Å². The topological polar surface area (TPSA) is 128 Å². The van der Waals surface area contributed by atoms with E-state index in [0.29, 0.717) is 38.8 Å². The average Bonchev–Trinajstić information content (AvgIpc) is 3.33. The molecule has 0 saturated heterocycles. The Kier molecular flexibility index (Phi) is 6.01. The summed E-state index contributed by atoms with van der Waals surface area (Å²) in [5.74, 6) is 0.964. The van der Waals surface area contributed by atoms with Crippen LogP contribution in [0.4, 0.5) is 17.3 Å². The summed E-state index contributed by atoms with van der Waals surface area (Å²) in [4.78, 5) is 9.09. The molecule has 3 aromatic carbocycles. The summed E-state index contributed by atoms with van der Waals surface area (Å²) in [6, 6.07) is 15.1. The van der Waals surface area contributed by atoms with E-state index in [1.54, 1.807) is 42.5 Å². The number of ether oxygens (including phenoxy) is 2. The summed E-state index contributed by atoms with van der Waals surface area (Å²) in [5, 5.41) is 3.42. The summed E-state index contributed by atoms with van der Waals surface area (Å²) in [6.45, 7) is 0. The second-order valence-electron chi connectivity index (χ2n) is 7.22. The first-order valence-corrected chi connectivity index (χ1v) is 12.7. The molecule has 2 N–H and O–H groups in total. The molecule has 0 bridgehead atoms. The molecule has 0 aliphatic heterocycles. The van der Waals surface area contributed by atoms with Crippen LogP contribution in [0.1, 0.15) is 0 Å². The highest BCUT2D eigenvalue weighted by molar-refractivity contribution is 7.93. The SMILES string of the molecule is COc1cc(OC)c(Nc2nc3ccccc3nc2NS(=O)(=O)c2cccc3nsnc23)cc1Cl. The van der Waals surface area contributed by atoms with Gasteiger partial charge in [0.2, 0.25) is 0 Å². The second-order valence-corrected chi connectivity index (χ2v) is 9.80. The van der Waals surface area contributed by atoms with Crippen LogP contribution in [-0.4, -0.2) is 41.4 Å². The summed E-state index contributed by atoms with van der Waals surface area (Å²) in [6.07, 6.45) is 0. The van der Waals surface area contributed by atoms with Gasteiger partial charge in [-0.25, -0.2) is 18.4 Å². The molecule has 5 aromatic rings. The average molecular weight is 529 g/mol. The van der Waals surface area contributed by atoms with Gasteiger partial charge in [-0.3, -0.25) is 4.72 Å². The smallest absolute Gasteiger partial charge is 0.265 e. The van der Waals surface area contributed by atoms with Gasteiger partial charge in [0.05, 0.1) is 47.7 Å². The minimum absolute atomic E-state index is 0.0158. The molecule has 35 heavy (non-hydrogen) atoms. The fourth-order valence-electron chi connectivity index (χ4n) is 3.42. The van der Waals surface area contributed by atoms with Crippen molar-refractivity contribution in [1.82, 2.24) is 18.7 Å². The van der Waals surface area contributed by atoms with Crippen LogP contribution in [0.3, 0.4) is 0 Å². The first-order valence-electron chi connectivity index (χ1n) is 10.1. The minimum Gasteiger partial charge on any atom is -0.495 e. The van der Waals surface area contributed by atoms with Gasteiger partial charge in [-0.05, 0) is 30.3 Å². The lowest BCUT2D eigenvalue weighted by Crippen LogP contribution is -2.16. The van der Waals surface area contributed by atoms with Gasteiger partial charge in [-0.15, -0.1) is 0 Å². The van der Waals surface area contributed by atoms with Crippen LogP contribution in [0.2, 0.25) is 5.02 Å². The summed E-state index contributed by atoms with van der Waals surface area (Å²) < 4.78 is 48.3. The van der Waals surface area contributed by atoms with Crippen LogP contribution in [0, 0.1) is 0 Å². The van der Waals surface area contributed by atoms with Gasteiger partial charge in [0.15, 0.2) is 11.6 Å². The van der Waals surface area contributed by atoms with E-state index in [0.717, 1.165) is 11.7 Å². The Morgan fingerprint density at radius 2 is 1.54 bits per heavy atom. The number of methoxy groups -OCH3 is 2. The van der Waals surface area contributed by atoms with Crippen molar-refractivity contribution in [2.24, 2.45) is 0 Å². The maximum atomic E-state index is 13.4. The standard InChI is InChI=1S/C22H17ClN6O4S2/c1-32-17-11-18(33-2)16(10-12(17)23)26-21-22(25-14-7-4-3-6-13(14)24-21)29-35(30,31)19-9-5-8-15-20(19)28-34-27-15/h3-11H,1-2H3,(H,24,26)(H,25,29). The van der Waals surface area contributed by atoms with Crippen molar-refractivity contribution in [3.05, 3.63) is 59.6 Å². The summed E-state index contributed by atoms with van der Waals surface area (Å²) in [5.41, 5.74) is 2.26. The number of para-hydroxylation sites is 2. The van der Waals surface area contributed by atoms with E-state index in [1.165, 1.54) is 20.3 Å². The van der Waals surface area contributed by atoms with Crippen LogP contribution in [0.25, 0.3) is 22.1 Å². The number of nitrogens with zero attached hydrogens (tertiary/aromatic N) is 4. The van der Waals surface area contributed by atoms with Crippen molar-refractivity contribution in [3.63, 3.8) is 0 Å². The van der Waals surface area contributed by atoms with Gasteiger partial charge in [0.25, 0.3) is 10.0 Å². The third kappa shape index (κ3) is 4.38. The molecule has 0 amide bonds. The van der Waals surface area contributed by atoms with Crippen molar-refractivity contribution < 1.29 is 17.9 Å². The third-order valence-electron chi connectivity index (χ3n) is 5.07. The van der Waals surface area contributed by atoms with Gasteiger partial charge in [0, 0.05) is 6.07 Å². The molecule has 2 aromatic heterocycles. The molecule has 10 nitrogen and oxygen atoms in total. The molecule has 0 saturated carbocycles. The maximum Gasteiger partial charge on any atom is 0.265 e. The number of anilines is 3. The molecule has 0 fully saturated rings. The van der Waals surface area contributed by atoms with Gasteiger partial charge < -0.3 is 14.8 Å². The fourth-order valence-corrected chi connectivity index (χ4v) is 5.44. The first kappa shape index (κ1) is 23.0. The summed E-state index contributed by atoms with van der Waals surface area (Å²) in [7, 11) is -1.11. The van der Waals surface area contributed by atoms with E-state index in [9.17, 15) is 8.42 Å². The molecular formula is C22H17ClN6O4S2. The van der Waals surface area contributed by atoms with Gasteiger partial charge in [-0.2, -0.15) is 8.75 Å². The molecular weight excluding hydrogens is 512 g/mol. The predicted molar refractivity (Wildman–Crippen MR) is 136 cm³/mol. The van der Waals surface area contributed by atoms with Crippen molar-refractivity contribution >= 4 is 72.7 Å². The Morgan fingerprint density at radius 1 is 0.857 bits per heavy atom. The lowest BCUT2D eigenvalue weighted by atomic mass is 10.2. The van der Waals surface area contributed by atoms with E-state index >= 15 is 0 Å². The van der Waals surface area contributed by atoms with Crippen molar-refractivity contribution in [1.29, 1.82) is 0 Å². The quantitative estimate of drug-likeness (QED) is 0.304. The van der Waals surface area contributed by atoms with E-state index in [4.69, 9.17) is 21.1 Å². The van der Waals surface area contributed by atoms with Gasteiger partial charge >= 0.3 is 0 Å². The number of aromatic nitrogens is 4. The molecule has 178 valence electrons. The molecule has 2 heterocycles. The lowest BCUT2D eigenvalue weighted by Gasteiger charge is -2.16. The number of nitrogens with one attached hydrogen (secondary N) is 2. The normalized spacial score (nSPS) is 11.5. The lowest BCUT2D eigenvalue weighted by molar-refractivity contribution is 0.396. The van der Waals surface area contributed by atoms with Crippen LogP contribution in [-0.2, 0) is 10.0 Å².